The number of ether oxygens (including phenoxy) is 1. The van der Waals surface area contributed by atoms with E-state index in [1.807, 2.05) is 6.92 Å². The van der Waals surface area contributed by atoms with Gasteiger partial charge in [0.1, 0.15) is 5.76 Å². The minimum Gasteiger partial charge on any atom is -0.481 e. The molecule has 0 bridgehead atoms. The second kappa shape index (κ2) is 5.51. The molecule has 0 saturated carbocycles. The van der Waals surface area contributed by atoms with Crippen molar-refractivity contribution in [1.29, 1.82) is 0 Å². The molecule has 0 aromatic carbocycles. The Hall–Kier alpha value is -2.37. The summed E-state index contributed by atoms with van der Waals surface area (Å²) >= 11 is 0. The predicted molar refractivity (Wildman–Crippen MR) is 69.1 cm³/mol. The summed E-state index contributed by atoms with van der Waals surface area (Å²) in [5, 5.41) is 6.57. The first-order valence-electron chi connectivity index (χ1n) is 5.82. The van der Waals surface area contributed by atoms with Crippen molar-refractivity contribution in [2.45, 2.75) is 20.3 Å². The monoisotopic (exact) mass is 261 g/mol. The summed E-state index contributed by atoms with van der Waals surface area (Å²) in [7, 11) is 1.54. The van der Waals surface area contributed by atoms with Crippen molar-refractivity contribution >= 4 is 11.6 Å². The first kappa shape index (κ1) is 13.1. The van der Waals surface area contributed by atoms with E-state index in [0.29, 0.717) is 17.3 Å². The summed E-state index contributed by atoms with van der Waals surface area (Å²) in [4.78, 5) is 15.9. The summed E-state index contributed by atoms with van der Waals surface area (Å²) < 4.78 is 9.96. The van der Waals surface area contributed by atoms with Crippen LogP contribution in [0.15, 0.2) is 22.9 Å². The number of rotatable bonds is 4. The second-order valence-corrected chi connectivity index (χ2v) is 4.12. The third kappa shape index (κ3) is 3.09. The van der Waals surface area contributed by atoms with Gasteiger partial charge in [-0.25, -0.2) is 4.98 Å². The fraction of sp³-hybridized carbons (Fsp3) is 0.308. The maximum Gasteiger partial charge on any atom is 0.229 e. The van der Waals surface area contributed by atoms with Crippen molar-refractivity contribution in [3.05, 3.63) is 35.3 Å². The molecule has 0 saturated heterocycles. The topological polar surface area (TPSA) is 77.2 Å². The van der Waals surface area contributed by atoms with Gasteiger partial charge in [-0.3, -0.25) is 4.79 Å². The molecule has 6 nitrogen and oxygen atoms in total. The van der Waals surface area contributed by atoms with Gasteiger partial charge in [-0.15, -0.1) is 0 Å². The average Bonchev–Trinajstić information content (AvgIpc) is 2.71. The molecule has 2 rings (SSSR count). The molecule has 1 N–H and O–H groups in total. The number of hydrogen-bond acceptors (Lipinski definition) is 5. The van der Waals surface area contributed by atoms with Gasteiger partial charge >= 0.3 is 0 Å². The molecule has 6 heteroatoms. The van der Waals surface area contributed by atoms with E-state index in [2.05, 4.69) is 15.5 Å². The number of methoxy groups -OCH3 is 1. The summed E-state index contributed by atoms with van der Waals surface area (Å²) in [6.07, 6.45) is 1.78. The number of nitrogens with one attached hydrogen (secondary N) is 1. The third-order valence-corrected chi connectivity index (χ3v) is 2.75. The Morgan fingerprint density at radius 1 is 1.42 bits per heavy atom. The molecule has 0 spiro atoms. The van der Waals surface area contributed by atoms with Crippen LogP contribution in [0.1, 0.15) is 17.0 Å². The largest absolute Gasteiger partial charge is 0.481 e. The van der Waals surface area contributed by atoms with Crippen LogP contribution in [0.3, 0.4) is 0 Å². The Bertz CT molecular complexity index is 556. The van der Waals surface area contributed by atoms with Crippen LogP contribution >= 0.6 is 0 Å². The molecule has 2 aromatic heterocycles. The number of pyridine rings is 1. The van der Waals surface area contributed by atoms with Crippen LogP contribution in [-0.2, 0) is 11.2 Å². The molecule has 0 aliphatic carbocycles. The summed E-state index contributed by atoms with van der Waals surface area (Å²) in [5.74, 6) is 1.03. The van der Waals surface area contributed by atoms with Gasteiger partial charge in [-0.05, 0) is 19.9 Å². The van der Waals surface area contributed by atoms with E-state index in [1.54, 1.807) is 25.3 Å². The molecule has 0 atom stereocenters. The maximum atomic E-state index is 11.9. The minimum absolute atomic E-state index is 0.138. The maximum absolute atomic E-state index is 11.9. The highest BCUT2D eigenvalue weighted by Gasteiger charge is 2.13. The van der Waals surface area contributed by atoms with Crippen LogP contribution in [0.25, 0.3) is 0 Å². The van der Waals surface area contributed by atoms with Crippen molar-refractivity contribution < 1.29 is 14.1 Å². The van der Waals surface area contributed by atoms with Gasteiger partial charge in [0, 0.05) is 11.6 Å². The van der Waals surface area contributed by atoms with E-state index in [0.717, 1.165) is 11.3 Å². The molecule has 0 aliphatic heterocycles. The summed E-state index contributed by atoms with van der Waals surface area (Å²) in [6, 6.07) is 3.42. The van der Waals surface area contributed by atoms with E-state index in [-0.39, 0.29) is 12.3 Å². The van der Waals surface area contributed by atoms with E-state index >= 15 is 0 Å². The van der Waals surface area contributed by atoms with Crippen molar-refractivity contribution in [3.63, 3.8) is 0 Å². The first-order valence-corrected chi connectivity index (χ1v) is 5.82. The normalized spacial score (nSPS) is 10.3. The Labute approximate surface area is 110 Å². The fourth-order valence-electron chi connectivity index (χ4n) is 1.69. The van der Waals surface area contributed by atoms with Gasteiger partial charge in [0.15, 0.2) is 0 Å². The summed E-state index contributed by atoms with van der Waals surface area (Å²) in [5.41, 5.74) is 2.18. The molecular formula is C13H15N3O3. The van der Waals surface area contributed by atoms with Crippen LogP contribution in [0.2, 0.25) is 0 Å². The predicted octanol–water partition coefficient (Wildman–Crippen LogP) is 1.88. The van der Waals surface area contributed by atoms with E-state index < -0.39 is 0 Å². The SMILES string of the molecule is COc1ccc(NC(=O)Cc2c(C)noc2C)cn1. The van der Waals surface area contributed by atoms with Gasteiger partial charge in [0.05, 0.1) is 31.1 Å². The lowest BCUT2D eigenvalue weighted by Gasteiger charge is -2.05. The third-order valence-electron chi connectivity index (χ3n) is 2.75. The molecular weight excluding hydrogens is 246 g/mol. The number of amides is 1. The van der Waals surface area contributed by atoms with Gasteiger partial charge in [0.25, 0.3) is 0 Å². The fourth-order valence-corrected chi connectivity index (χ4v) is 1.69. The summed E-state index contributed by atoms with van der Waals surface area (Å²) in [6.45, 7) is 3.60. The van der Waals surface area contributed by atoms with E-state index in [4.69, 9.17) is 9.26 Å². The molecule has 1 amide bonds. The highest BCUT2D eigenvalue weighted by molar-refractivity contribution is 5.92. The standard InChI is InChI=1S/C13H15N3O3/c1-8-11(9(2)19-16-8)6-12(17)15-10-4-5-13(18-3)14-7-10/h4-5,7H,6H2,1-3H3,(H,15,17). The van der Waals surface area contributed by atoms with Crippen LogP contribution in [0.4, 0.5) is 5.69 Å². The van der Waals surface area contributed by atoms with Gasteiger partial charge in [-0.2, -0.15) is 0 Å². The number of nitrogens with zero attached hydrogens (tertiary/aromatic N) is 2. The molecule has 0 fully saturated rings. The molecule has 100 valence electrons. The smallest absolute Gasteiger partial charge is 0.229 e. The number of carbonyl (C=O) groups excluding carboxylic acids is 1. The molecule has 19 heavy (non-hydrogen) atoms. The van der Waals surface area contributed by atoms with Crippen molar-refractivity contribution in [1.82, 2.24) is 10.1 Å². The van der Waals surface area contributed by atoms with Gasteiger partial charge in [-0.1, -0.05) is 5.16 Å². The molecule has 2 heterocycles. The lowest BCUT2D eigenvalue weighted by Crippen LogP contribution is -2.15. The number of hydrogen-bond donors (Lipinski definition) is 1. The highest BCUT2D eigenvalue weighted by atomic mass is 16.5. The lowest BCUT2D eigenvalue weighted by molar-refractivity contribution is -0.115. The van der Waals surface area contributed by atoms with Gasteiger partial charge in [0.2, 0.25) is 11.8 Å². The molecule has 0 radical (unpaired) electrons. The zero-order valence-corrected chi connectivity index (χ0v) is 11.1. The van der Waals surface area contributed by atoms with Crippen LogP contribution in [0, 0.1) is 13.8 Å². The quantitative estimate of drug-likeness (QED) is 0.909. The van der Waals surface area contributed by atoms with Crippen LogP contribution in [0.5, 0.6) is 5.88 Å². The van der Waals surface area contributed by atoms with Gasteiger partial charge < -0.3 is 14.6 Å². The van der Waals surface area contributed by atoms with Crippen LogP contribution in [-0.4, -0.2) is 23.2 Å². The Morgan fingerprint density at radius 2 is 2.21 bits per heavy atom. The molecule has 2 aromatic rings. The number of anilines is 1. The van der Waals surface area contributed by atoms with E-state index in [1.165, 1.54) is 7.11 Å². The van der Waals surface area contributed by atoms with E-state index in [9.17, 15) is 4.79 Å². The zero-order chi connectivity index (χ0) is 13.8. The van der Waals surface area contributed by atoms with Crippen LogP contribution < -0.4 is 10.1 Å². The lowest BCUT2D eigenvalue weighted by atomic mass is 10.1. The van der Waals surface area contributed by atoms with Crippen molar-refractivity contribution in [2.24, 2.45) is 0 Å². The number of carbonyl (C=O) groups is 1. The number of aryl methyl sites for hydroxylation is 2. The molecule has 0 aliphatic rings. The first-order chi connectivity index (χ1) is 9.10. The Morgan fingerprint density at radius 3 is 2.74 bits per heavy atom. The average molecular weight is 261 g/mol. The minimum atomic E-state index is -0.138. The second-order valence-electron chi connectivity index (χ2n) is 4.12. The highest BCUT2D eigenvalue weighted by Crippen LogP contribution is 2.15. The zero-order valence-electron chi connectivity index (χ0n) is 11.1. The number of aromatic nitrogens is 2. The van der Waals surface area contributed by atoms with Crippen molar-refractivity contribution in [3.8, 4) is 5.88 Å². The molecule has 0 unspecified atom stereocenters. The van der Waals surface area contributed by atoms with Crippen molar-refractivity contribution in [2.75, 3.05) is 12.4 Å². The Kier molecular flexibility index (Phi) is 3.79. The Balaban J connectivity index is 2.01.